The first-order valence-electron chi connectivity index (χ1n) is 1.37. The van der Waals surface area contributed by atoms with Crippen molar-refractivity contribution in [3.63, 3.8) is 0 Å². The molecule has 0 rings (SSSR count). The highest BCUT2D eigenvalue weighted by molar-refractivity contribution is 7.30. The quantitative estimate of drug-likeness (QED) is 0.440. The lowest BCUT2D eigenvalue weighted by atomic mass is 11.0. The zero-order chi connectivity index (χ0) is 6.28. The summed E-state index contributed by atoms with van der Waals surface area (Å²) in [4.78, 5) is 14.3. The second-order valence-electron chi connectivity index (χ2n) is 0.506. The summed E-state index contributed by atoms with van der Waals surface area (Å²) in [6.07, 6.45) is 0. The number of hydrogen-bond donors (Lipinski definition) is 2. The molecule has 0 heterocycles. The van der Waals surface area contributed by atoms with Crippen molar-refractivity contribution in [2.75, 3.05) is 0 Å². The smallest absolute Gasteiger partial charge is 0.314 e. The minimum Gasteiger partial charge on any atom is -0.326 e. The summed E-state index contributed by atoms with van der Waals surface area (Å²) < 4.78 is 8.74. The van der Waals surface area contributed by atoms with Crippen LogP contribution in [0.15, 0.2) is 0 Å². The van der Waals surface area contributed by atoms with Crippen molar-refractivity contribution >= 4 is 8.25 Å². The highest BCUT2D eigenvalue weighted by atomic mass is 31.1. The molecular formula is C2H6NO3P. The van der Waals surface area contributed by atoms with Crippen molar-refractivity contribution < 1.29 is 14.4 Å². The fourth-order valence-electron chi connectivity index (χ4n) is 0. The van der Waals surface area contributed by atoms with E-state index in [4.69, 9.17) is 19.6 Å². The van der Waals surface area contributed by atoms with Gasteiger partial charge in [-0.25, -0.2) is 0 Å². The summed E-state index contributed by atoms with van der Waals surface area (Å²) in [6.45, 7) is 1.43. The van der Waals surface area contributed by atoms with Crippen LogP contribution in [0.4, 0.5) is 0 Å². The molecule has 0 amide bonds. The molecule has 0 bridgehead atoms. The van der Waals surface area contributed by atoms with Gasteiger partial charge < -0.3 is 9.79 Å². The molecule has 0 aromatic heterocycles. The number of hydrogen-bond acceptors (Lipinski definition) is 2. The second-order valence-corrected chi connectivity index (χ2v) is 1.07. The third-order valence-electron chi connectivity index (χ3n) is 0. The van der Waals surface area contributed by atoms with Crippen LogP contribution in [0.25, 0.3) is 0 Å². The summed E-state index contributed by atoms with van der Waals surface area (Å²) in [5, 5.41) is 7.32. The Balaban J connectivity index is 0. The largest absolute Gasteiger partial charge is 0.326 e. The summed E-state index contributed by atoms with van der Waals surface area (Å²) in [7, 11) is -3.13. The number of nitrogens with zero attached hydrogens (tertiary/aromatic N) is 1. The van der Waals surface area contributed by atoms with Gasteiger partial charge in [0.25, 0.3) is 0 Å². The molecule has 0 aromatic rings. The molecule has 0 aliphatic heterocycles. The second kappa shape index (κ2) is 9.16. The Kier molecular flexibility index (Phi) is 12.8. The van der Waals surface area contributed by atoms with Crippen molar-refractivity contribution in [2.24, 2.45) is 0 Å². The average molecular weight is 123 g/mol. The van der Waals surface area contributed by atoms with Gasteiger partial charge in [0.05, 0.1) is 6.07 Å². The van der Waals surface area contributed by atoms with Crippen LogP contribution in [-0.4, -0.2) is 9.79 Å². The zero-order valence-corrected chi connectivity index (χ0v) is 4.75. The third kappa shape index (κ3) is 577. The molecule has 2 N–H and O–H groups in total. The van der Waals surface area contributed by atoms with Crippen molar-refractivity contribution in [2.45, 2.75) is 6.92 Å². The maximum Gasteiger partial charge on any atom is 0.314 e. The fraction of sp³-hybridized carbons (Fsp3) is 0.500. The maximum atomic E-state index is 8.74. The topological polar surface area (TPSA) is 81.3 Å². The van der Waals surface area contributed by atoms with Gasteiger partial charge in [0.2, 0.25) is 0 Å². The lowest BCUT2D eigenvalue weighted by molar-refractivity contribution is 0.405. The van der Waals surface area contributed by atoms with Crippen molar-refractivity contribution in [3.8, 4) is 6.07 Å². The van der Waals surface area contributed by atoms with E-state index >= 15 is 0 Å². The molecule has 0 aliphatic rings. The van der Waals surface area contributed by atoms with Gasteiger partial charge in [0, 0.05) is 6.92 Å². The minimum atomic E-state index is -3.13. The lowest BCUT2D eigenvalue weighted by Crippen LogP contribution is -1.38. The van der Waals surface area contributed by atoms with E-state index in [1.165, 1.54) is 6.92 Å². The van der Waals surface area contributed by atoms with Gasteiger partial charge in [-0.1, -0.05) is 0 Å². The van der Waals surface area contributed by atoms with E-state index in [1.54, 1.807) is 6.07 Å². The predicted molar refractivity (Wildman–Crippen MR) is 24.7 cm³/mol. The molecule has 0 aromatic carbocycles. The molecule has 0 saturated carbocycles. The Hall–Kier alpha value is -0.360. The van der Waals surface area contributed by atoms with Crippen LogP contribution in [0.5, 0.6) is 0 Å². The van der Waals surface area contributed by atoms with Crippen LogP contribution in [-0.2, 0) is 4.57 Å². The minimum absolute atomic E-state index is 1.43. The molecule has 42 valence electrons. The van der Waals surface area contributed by atoms with Gasteiger partial charge in [0.15, 0.2) is 0 Å². The van der Waals surface area contributed by atoms with Crippen LogP contribution >= 0.6 is 8.25 Å². The molecule has 0 atom stereocenters. The van der Waals surface area contributed by atoms with Crippen LogP contribution in [0, 0.1) is 11.3 Å². The molecule has 4 nitrogen and oxygen atoms in total. The van der Waals surface area contributed by atoms with Gasteiger partial charge in [-0.05, 0) is 0 Å². The Morgan fingerprint density at radius 2 is 1.71 bits per heavy atom. The average Bonchev–Trinajstić information content (AvgIpc) is 1.33. The van der Waals surface area contributed by atoms with Crippen LogP contribution in [0.3, 0.4) is 0 Å². The summed E-state index contributed by atoms with van der Waals surface area (Å²) >= 11 is 0. The predicted octanol–water partition coefficient (Wildman–Crippen LogP) is -0.109. The summed E-state index contributed by atoms with van der Waals surface area (Å²) in [5.41, 5.74) is 0. The monoisotopic (exact) mass is 123 g/mol. The maximum absolute atomic E-state index is 8.74. The van der Waals surface area contributed by atoms with Crippen molar-refractivity contribution in [1.82, 2.24) is 0 Å². The Morgan fingerprint density at radius 3 is 1.71 bits per heavy atom. The van der Waals surface area contributed by atoms with Crippen LogP contribution in [0.2, 0.25) is 0 Å². The molecule has 5 heteroatoms. The first-order chi connectivity index (χ1) is 3.15. The van der Waals surface area contributed by atoms with E-state index < -0.39 is 8.25 Å². The molecule has 0 saturated heterocycles. The summed E-state index contributed by atoms with van der Waals surface area (Å²) in [6, 6.07) is 1.75. The zero-order valence-electron chi connectivity index (χ0n) is 3.75. The van der Waals surface area contributed by atoms with Crippen molar-refractivity contribution in [1.29, 1.82) is 5.26 Å². The van der Waals surface area contributed by atoms with E-state index in [0.29, 0.717) is 0 Å². The third-order valence-corrected chi connectivity index (χ3v) is 0. The molecule has 0 aliphatic carbocycles. The Morgan fingerprint density at radius 1 is 1.71 bits per heavy atom. The van der Waals surface area contributed by atoms with Gasteiger partial charge in [-0.2, -0.15) is 5.26 Å². The molecule has 0 radical (unpaired) electrons. The lowest BCUT2D eigenvalue weighted by Gasteiger charge is -1.61. The fourth-order valence-corrected chi connectivity index (χ4v) is 0. The highest BCUT2D eigenvalue weighted by Gasteiger charge is 1.61. The highest BCUT2D eigenvalue weighted by Crippen LogP contribution is 1.98. The van der Waals surface area contributed by atoms with E-state index in [0.717, 1.165) is 0 Å². The standard InChI is InChI=1S/C2H3N.H3O3P/c1-2-3;1-4(2)3/h1H3;4H,(H2,1,2,3). The van der Waals surface area contributed by atoms with Gasteiger partial charge in [-0.15, -0.1) is 0 Å². The molecule has 0 fully saturated rings. The summed E-state index contributed by atoms with van der Waals surface area (Å²) in [5.74, 6) is 0. The van der Waals surface area contributed by atoms with E-state index in [2.05, 4.69) is 0 Å². The van der Waals surface area contributed by atoms with Crippen molar-refractivity contribution in [3.05, 3.63) is 0 Å². The molecular weight excluding hydrogens is 117 g/mol. The SMILES string of the molecule is CC#N.O=[PH](O)O. The first-order valence-corrected chi connectivity index (χ1v) is 2.68. The van der Waals surface area contributed by atoms with Crippen LogP contribution in [0.1, 0.15) is 6.92 Å². The Bertz CT molecular complexity index is 81.4. The number of rotatable bonds is 0. The normalized spacial score (nSPS) is 6.14. The first kappa shape index (κ1) is 9.81. The van der Waals surface area contributed by atoms with E-state index in [-0.39, 0.29) is 0 Å². The van der Waals surface area contributed by atoms with E-state index in [9.17, 15) is 0 Å². The van der Waals surface area contributed by atoms with Crippen LogP contribution < -0.4 is 0 Å². The Labute approximate surface area is 42.0 Å². The van der Waals surface area contributed by atoms with Gasteiger partial charge >= 0.3 is 8.25 Å². The molecule has 7 heavy (non-hydrogen) atoms. The van der Waals surface area contributed by atoms with Gasteiger partial charge in [-0.3, -0.25) is 4.57 Å². The van der Waals surface area contributed by atoms with Gasteiger partial charge in [0.1, 0.15) is 0 Å². The number of nitriles is 1. The molecule has 0 unspecified atom stereocenters. The van der Waals surface area contributed by atoms with E-state index in [1.807, 2.05) is 0 Å². The molecule has 0 spiro atoms.